The summed E-state index contributed by atoms with van der Waals surface area (Å²) in [6.07, 6.45) is 4.02. The predicted molar refractivity (Wildman–Crippen MR) is 101 cm³/mol. The molecule has 1 unspecified atom stereocenters. The van der Waals surface area contributed by atoms with Gasteiger partial charge in [-0.05, 0) is 30.4 Å². The number of carbonyl (C=O) groups is 1. The molecule has 2 heterocycles. The number of pyridine rings is 1. The maximum absolute atomic E-state index is 12.6. The van der Waals surface area contributed by atoms with Gasteiger partial charge < -0.3 is 15.0 Å². The molecule has 0 radical (unpaired) electrons. The summed E-state index contributed by atoms with van der Waals surface area (Å²) >= 11 is 6.45. The molecular weight excluding hydrogens is 350 g/mol. The molecule has 1 aliphatic heterocycles. The van der Waals surface area contributed by atoms with Crippen LogP contribution in [0, 0.1) is 5.92 Å². The van der Waals surface area contributed by atoms with Crippen LogP contribution < -0.4 is 5.32 Å². The lowest BCUT2D eigenvalue weighted by Crippen LogP contribution is -2.40. The van der Waals surface area contributed by atoms with Crippen molar-refractivity contribution in [3.05, 3.63) is 58.7 Å². The summed E-state index contributed by atoms with van der Waals surface area (Å²) in [5, 5.41) is 3.96. The third-order valence-electron chi connectivity index (χ3n) is 4.93. The fraction of sp³-hybridized carbons (Fsp3) is 0.400. The summed E-state index contributed by atoms with van der Waals surface area (Å²) in [5.41, 5.74) is 1.76. The maximum atomic E-state index is 12.6. The predicted octanol–water partition coefficient (Wildman–Crippen LogP) is 3.77. The second-order valence-corrected chi connectivity index (χ2v) is 7.24. The second-order valence-electron chi connectivity index (χ2n) is 6.83. The molecule has 0 bridgehead atoms. The van der Waals surface area contributed by atoms with Crippen LogP contribution in [0.25, 0.3) is 0 Å². The average molecular weight is 372 g/mol. The van der Waals surface area contributed by atoms with Crippen LogP contribution in [0.4, 0.5) is 5.82 Å². The molecule has 136 valence electrons. The fourth-order valence-corrected chi connectivity index (χ4v) is 3.54. The van der Waals surface area contributed by atoms with E-state index in [1.54, 1.807) is 17.2 Å². The van der Waals surface area contributed by atoms with E-state index in [-0.39, 0.29) is 11.9 Å². The highest BCUT2D eigenvalue weighted by atomic mass is 35.5. The van der Waals surface area contributed by atoms with E-state index in [1.165, 1.54) is 18.4 Å². The Labute approximate surface area is 158 Å². The van der Waals surface area contributed by atoms with Gasteiger partial charge in [-0.2, -0.15) is 0 Å². The number of carbonyl (C=O) groups excluding carboxylic acids is 1. The van der Waals surface area contributed by atoms with E-state index in [4.69, 9.17) is 16.3 Å². The molecular formula is C20H22ClN3O2. The lowest BCUT2D eigenvalue weighted by Gasteiger charge is -2.27. The van der Waals surface area contributed by atoms with Crippen molar-refractivity contribution in [2.24, 2.45) is 5.92 Å². The summed E-state index contributed by atoms with van der Waals surface area (Å²) in [7, 11) is 0. The SMILES string of the molecule is O=C(c1cnc(NC(c2ccccc2)C2CC2)c(Cl)c1)N1CCOCC1. The Balaban J connectivity index is 1.51. The van der Waals surface area contributed by atoms with E-state index in [0.717, 1.165) is 0 Å². The zero-order valence-corrected chi connectivity index (χ0v) is 15.3. The largest absolute Gasteiger partial charge is 0.378 e. The smallest absolute Gasteiger partial charge is 0.255 e. The highest BCUT2D eigenvalue weighted by Crippen LogP contribution is 2.43. The number of ether oxygens (including phenoxy) is 1. The number of rotatable bonds is 5. The van der Waals surface area contributed by atoms with Gasteiger partial charge >= 0.3 is 0 Å². The molecule has 2 fully saturated rings. The normalized spacial score (nSPS) is 18.4. The van der Waals surface area contributed by atoms with Crippen molar-refractivity contribution in [1.29, 1.82) is 0 Å². The number of morpholine rings is 1. The van der Waals surface area contributed by atoms with Gasteiger partial charge in [0.2, 0.25) is 0 Å². The monoisotopic (exact) mass is 371 g/mol. The van der Waals surface area contributed by atoms with Crippen LogP contribution in [-0.4, -0.2) is 42.1 Å². The molecule has 2 aliphatic rings. The standard InChI is InChI=1S/C20H22ClN3O2/c21-17-12-16(20(25)24-8-10-26-11-9-24)13-22-19(17)23-18(15-6-7-15)14-4-2-1-3-5-14/h1-5,12-13,15,18H,6-11H2,(H,22,23). The minimum Gasteiger partial charge on any atom is -0.378 e. The van der Waals surface area contributed by atoms with Crippen molar-refractivity contribution in [2.45, 2.75) is 18.9 Å². The topological polar surface area (TPSA) is 54.5 Å². The second kappa shape index (κ2) is 7.64. The number of hydrogen-bond donors (Lipinski definition) is 1. The van der Waals surface area contributed by atoms with Gasteiger partial charge in [0.25, 0.3) is 5.91 Å². The van der Waals surface area contributed by atoms with Crippen LogP contribution in [0.2, 0.25) is 5.02 Å². The number of hydrogen-bond acceptors (Lipinski definition) is 4. The third kappa shape index (κ3) is 3.84. The highest BCUT2D eigenvalue weighted by Gasteiger charge is 2.33. The Kier molecular flexibility index (Phi) is 5.09. The molecule has 6 heteroatoms. The first-order chi connectivity index (χ1) is 12.7. The van der Waals surface area contributed by atoms with Crippen LogP contribution in [0.15, 0.2) is 42.6 Å². The molecule has 1 saturated carbocycles. The number of anilines is 1. The Morgan fingerprint density at radius 1 is 1.23 bits per heavy atom. The molecule has 5 nitrogen and oxygen atoms in total. The summed E-state index contributed by atoms with van der Waals surface area (Å²) < 4.78 is 5.30. The van der Waals surface area contributed by atoms with Crippen LogP contribution in [0.5, 0.6) is 0 Å². The zero-order chi connectivity index (χ0) is 17.9. The van der Waals surface area contributed by atoms with Gasteiger partial charge in [-0.15, -0.1) is 0 Å². The van der Waals surface area contributed by atoms with Gasteiger partial charge in [0.05, 0.1) is 29.8 Å². The Morgan fingerprint density at radius 2 is 1.96 bits per heavy atom. The maximum Gasteiger partial charge on any atom is 0.255 e. The number of aromatic nitrogens is 1. The molecule has 2 aromatic rings. The lowest BCUT2D eigenvalue weighted by molar-refractivity contribution is 0.0302. The Bertz CT molecular complexity index is 774. The van der Waals surface area contributed by atoms with Gasteiger partial charge in [-0.25, -0.2) is 4.98 Å². The van der Waals surface area contributed by atoms with Crippen LogP contribution in [0.3, 0.4) is 0 Å². The molecule has 0 spiro atoms. The van der Waals surface area contributed by atoms with Gasteiger partial charge in [-0.1, -0.05) is 41.9 Å². The average Bonchev–Trinajstić information content (AvgIpc) is 3.53. The number of halogens is 1. The summed E-state index contributed by atoms with van der Waals surface area (Å²) in [6, 6.07) is 12.3. The van der Waals surface area contributed by atoms with Crippen LogP contribution in [-0.2, 0) is 4.74 Å². The molecule has 1 aromatic carbocycles. The van der Waals surface area contributed by atoms with Crippen molar-refractivity contribution in [3.8, 4) is 0 Å². The summed E-state index contributed by atoms with van der Waals surface area (Å²) in [4.78, 5) is 18.8. The van der Waals surface area contributed by atoms with Crippen molar-refractivity contribution in [2.75, 3.05) is 31.6 Å². The van der Waals surface area contributed by atoms with Crippen molar-refractivity contribution < 1.29 is 9.53 Å². The summed E-state index contributed by atoms with van der Waals surface area (Å²) in [5.74, 6) is 1.19. The number of nitrogens with one attached hydrogen (secondary N) is 1. The molecule has 1 amide bonds. The van der Waals surface area contributed by atoms with E-state index in [1.807, 2.05) is 18.2 Å². The first-order valence-corrected chi connectivity index (χ1v) is 9.44. The van der Waals surface area contributed by atoms with E-state index >= 15 is 0 Å². The zero-order valence-electron chi connectivity index (χ0n) is 14.5. The Morgan fingerprint density at radius 3 is 2.62 bits per heavy atom. The van der Waals surface area contributed by atoms with Gasteiger partial charge in [-0.3, -0.25) is 4.79 Å². The molecule has 1 N–H and O–H groups in total. The first kappa shape index (κ1) is 17.3. The van der Waals surface area contributed by atoms with E-state index in [2.05, 4.69) is 22.4 Å². The minimum atomic E-state index is -0.0453. The van der Waals surface area contributed by atoms with Gasteiger partial charge in [0.15, 0.2) is 0 Å². The van der Waals surface area contributed by atoms with Gasteiger partial charge in [0.1, 0.15) is 5.82 Å². The minimum absolute atomic E-state index is 0.0453. The lowest BCUT2D eigenvalue weighted by atomic mass is 10.0. The molecule has 1 atom stereocenters. The van der Waals surface area contributed by atoms with Crippen LogP contribution in [0.1, 0.15) is 34.8 Å². The van der Waals surface area contributed by atoms with E-state index < -0.39 is 0 Å². The number of benzene rings is 1. The molecule has 26 heavy (non-hydrogen) atoms. The summed E-state index contributed by atoms with van der Waals surface area (Å²) in [6.45, 7) is 2.36. The molecule has 1 saturated heterocycles. The van der Waals surface area contributed by atoms with Crippen molar-refractivity contribution in [1.82, 2.24) is 9.88 Å². The van der Waals surface area contributed by atoms with Gasteiger partial charge in [0, 0.05) is 19.3 Å². The first-order valence-electron chi connectivity index (χ1n) is 9.06. The number of amides is 1. The molecule has 4 rings (SSSR count). The molecule has 1 aliphatic carbocycles. The van der Waals surface area contributed by atoms with E-state index in [0.29, 0.717) is 48.6 Å². The quantitative estimate of drug-likeness (QED) is 0.869. The Hall–Kier alpha value is -2.11. The van der Waals surface area contributed by atoms with Crippen molar-refractivity contribution >= 4 is 23.3 Å². The molecule has 1 aromatic heterocycles. The number of nitrogens with zero attached hydrogens (tertiary/aromatic N) is 2. The van der Waals surface area contributed by atoms with Crippen LogP contribution >= 0.6 is 11.6 Å². The highest BCUT2D eigenvalue weighted by molar-refractivity contribution is 6.33. The van der Waals surface area contributed by atoms with E-state index in [9.17, 15) is 4.79 Å². The third-order valence-corrected chi connectivity index (χ3v) is 5.22. The fourth-order valence-electron chi connectivity index (χ4n) is 3.32. The van der Waals surface area contributed by atoms with Crippen molar-refractivity contribution in [3.63, 3.8) is 0 Å².